The van der Waals surface area contributed by atoms with E-state index in [0.717, 1.165) is 0 Å². The van der Waals surface area contributed by atoms with Gasteiger partial charge in [-0.3, -0.25) is 0 Å². The Kier molecular flexibility index (Phi) is 5.86. The fourth-order valence-electron chi connectivity index (χ4n) is 1.65. The lowest BCUT2D eigenvalue weighted by atomic mass is 10.2. The van der Waals surface area contributed by atoms with Gasteiger partial charge in [-0.25, -0.2) is 4.79 Å². The fourth-order valence-corrected chi connectivity index (χ4v) is 1.65. The lowest BCUT2D eigenvalue weighted by Crippen LogP contribution is -2.15. The summed E-state index contributed by atoms with van der Waals surface area (Å²) in [7, 11) is 0. The van der Waals surface area contributed by atoms with Gasteiger partial charge < -0.3 is 14.2 Å². The van der Waals surface area contributed by atoms with Gasteiger partial charge in [0.05, 0.1) is 18.3 Å². The van der Waals surface area contributed by atoms with E-state index in [9.17, 15) is 4.79 Å². The van der Waals surface area contributed by atoms with Gasteiger partial charge in [0.15, 0.2) is 0 Å². The topological polar surface area (TPSA) is 44.8 Å². The van der Waals surface area contributed by atoms with Crippen LogP contribution in [0.25, 0.3) is 0 Å². The molecule has 0 aromatic heterocycles. The molecule has 4 nitrogen and oxygen atoms in total. The molecule has 1 aromatic rings. The van der Waals surface area contributed by atoms with E-state index in [4.69, 9.17) is 14.2 Å². The summed E-state index contributed by atoms with van der Waals surface area (Å²) in [4.78, 5) is 12.1. The second kappa shape index (κ2) is 7.17. The maximum absolute atomic E-state index is 12.1. The molecule has 0 aliphatic carbocycles. The van der Waals surface area contributed by atoms with Crippen molar-refractivity contribution in [2.75, 3.05) is 0 Å². The molecule has 0 unspecified atom stereocenters. The number of esters is 1. The van der Waals surface area contributed by atoms with Crippen LogP contribution in [0.15, 0.2) is 18.2 Å². The molecular weight excluding hydrogens is 256 g/mol. The van der Waals surface area contributed by atoms with Gasteiger partial charge in [-0.2, -0.15) is 0 Å². The minimum absolute atomic E-state index is 0.0162. The summed E-state index contributed by atoms with van der Waals surface area (Å²) in [6, 6.07) is 5.21. The predicted molar refractivity (Wildman–Crippen MR) is 78.5 cm³/mol. The summed E-state index contributed by atoms with van der Waals surface area (Å²) in [5.74, 6) is 0.749. The molecule has 0 saturated heterocycles. The molecule has 0 bridgehead atoms. The lowest BCUT2D eigenvalue weighted by molar-refractivity contribution is 0.0371. The van der Waals surface area contributed by atoms with Crippen molar-refractivity contribution in [3.8, 4) is 11.5 Å². The second-order valence-corrected chi connectivity index (χ2v) is 5.45. The smallest absolute Gasteiger partial charge is 0.342 e. The highest BCUT2D eigenvalue weighted by atomic mass is 16.5. The van der Waals surface area contributed by atoms with Crippen molar-refractivity contribution in [1.82, 2.24) is 0 Å². The molecule has 0 atom stereocenters. The van der Waals surface area contributed by atoms with Crippen LogP contribution >= 0.6 is 0 Å². The third kappa shape index (κ3) is 5.11. The van der Waals surface area contributed by atoms with Crippen LogP contribution in [0.3, 0.4) is 0 Å². The zero-order valence-corrected chi connectivity index (χ0v) is 13.1. The molecule has 0 amide bonds. The molecule has 112 valence electrons. The van der Waals surface area contributed by atoms with Crippen molar-refractivity contribution >= 4 is 5.97 Å². The largest absolute Gasteiger partial charge is 0.491 e. The fraction of sp³-hybridized carbons (Fsp3) is 0.562. The van der Waals surface area contributed by atoms with Gasteiger partial charge >= 0.3 is 5.97 Å². The number of carbonyl (C=O) groups is 1. The quantitative estimate of drug-likeness (QED) is 0.743. The number of hydrogen-bond donors (Lipinski definition) is 0. The van der Waals surface area contributed by atoms with Crippen molar-refractivity contribution in [2.45, 2.75) is 59.9 Å². The number of carbonyl (C=O) groups excluding carboxylic acids is 1. The van der Waals surface area contributed by atoms with Crippen LogP contribution < -0.4 is 9.47 Å². The molecule has 0 heterocycles. The van der Waals surface area contributed by atoms with E-state index >= 15 is 0 Å². The van der Waals surface area contributed by atoms with Gasteiger partial charge in [0.1, 0.15) is 17.1 Å². The number of rotatable bonds is 6. The van der Waals surface area contributed by atoms with Crippen molar-refractivity contribution in [2.24, 2.45) is 0 Å². The average Bonchev–Trinajstić information content (AvgIpc) is 2.28. The first-order valence-corrected chi connectivity index (χ1v) is 6.98. The molecule has 20 heavy (non-hydrogen) atoms. The molecule has 1 aromatic carbocycles. The van der Waals surface area contributed by atoms with E-state index in [1.54, 1.807) is 18.2 Å². The normalized spacial score (nSPS) is 11.1. The first kappa shape index (κ1) is 16.3. The Morgan fingerprint density at radius 1 is 0.900 bits per heavy atom. The summed E-state index contributed by atoms with van der Waals surface area (Å²) in [6.45, 7) is 11.3. The molecule has 0 radical (unpaired) electrons. The summed E-state index contributed by atoms with van der Waals surface area (Å²) in [5.41, 5.74) is 0.394. The minimum Gasteiger partial charge on any atom is -0.491 e. The van der Waals surface area contributed by atoms with Crippen LogP contribution in [0.5, 0.6) is 11.5 Å². The van der Waals surface area contributed by atoms with Crippen LogP contribution in [0.1, 0.15) is 51.9 Å². The SMILES string of the molecule is CC(C)OC(=O)c1cc(OC(C)C)ccc1OC(C)C. The van der Waals surface area contributed by atoms with Crippen molar-refractivity contribution < 1.29 is 19.0 Å². The first-order chi connectivity index (χ1) is 9.29. The average molecular weight is 280 g/mol. The van der Waals surface area contributed by atoms with Gasteiger partial charge in [-0.1, -0.05) is 0 Å². The van der Waals surface area contributed by atoms with Gasteiger partial charge in [0, 0.05) is 0 Å². The van der Waals surface area contributed by atoms with Gasteiger partial charge in [-0.15, -0.1) is 0 Å². The Bertz CT molecular complexity index is 450. The highest BCUT2D eigenvalue weighted by Gasteiger charge is 2.18. The number of ether oxygens (including phenoxy) is 3. The zero-order chi connectivity index (χ0) is 15.3. The Morgan fingerprint density at radius 3 is 2.00 bits per heavy atom. The molecule has 1 rings (SSSR count). The van der Waals surface area contributed by atoms with E-state index in [-0.39, 0.29) is 18.3 Å². The third-order valence-corrected chi connectivity index (χ3v) is 2.25. The standard InChI is InChI=1S/C16H24O4/c1-10(2)18-13-7-8-15(19-11(3)4)14(9-13)16(17)20-12(5)6/h7-12H,1-6H3. The van der Waals surface area contributed by atoms with Crippen molar-refractivity contribution in [3.63, 3.8) is 0 Å². The highest BCUT2D eigenvalue weighted by molar-refractivity contribution is 5.93. The maximum atomic E-state index is 12.1. The van der Waals surface area contributed by atoms with Gasteiger partial charge in [0.2, 0.25) is 0 Å². The van der Waals surface area contributed by atoms with Gasteiger partial charge in [-0.05, 0) is 59.7 Å². The molecule has 0 spiro atoms. The third-order valence-electron chi connectivity index (χ3n) is 2.25. The van der Waals surface area contributed by atoms with Crippen LogP contribution in [0.4, 0.5) is 0 Å². The molecule has 0 aliphatic rings. The van der Waals surface area contributed by atoms with E-state index in [1.807, 2.05) is 41.5 Å². The lowest BCUT2D eigenvalue weighted by Gasteiger charge is -2.17. The molecule has 4 heteroatoms. The monoisotopic (exact) mass is 280 g/mol. The number of hydrogen-bond acceptors (Lipinski definition) is 4. The molecule has 0 fully saturated rings. The Morgan fingerprint density at radius 2 is 1.50 bits per heavy atom. The molecule has 0 aliphatic heterocycles. The molecular formula is C16H24O4. The van der Waals surface area contributed by atoms with E-state index in [1.165, 1.54) is 0 Å². The Labute approximate surface area is 121 Å². The van der Waals surface area contributed by atoms with E-state index in [0.29, 0.717) is 17.1 Å². The highest BCUT2D eigenvalue weighted by Crippen LogP contribution is 2.27. The molecule has 0 N–H and O–H groups in total. The second-order valence-electron chi connectivity index (χ2n) is 5.45. The number of benzene rings is 1. The Hall–Kier alpha value is -1.71. The minimum atomic E-state index is -0.398. The summed E-state index contributed by atoms with van der Waals surface area (Å²) < 4.78 is 16.5. The summed E-state index contributed by atoms with van der Waals surface area (Å²) >= 11 is 0. The Balaban J connectivity index is 3.08. The van der Waals surface area contributed by atoms with Crippen molar-refractivity contribution in [1.29, 1.82) is 0 Å². The van der Waals surface area contributed by atoms with Crippen LogP contribution in [-0.2, 0) is 4.74 Å². The first-order valence-electron chi connectivity index (χ1n) is 6.98. The van der Waals surface area contributed by atoms with Crippen LogP contribution in [0, 0.1) is 0 Å². The van der Waals surface area contributed by atoms with E-state index in [2.05, 4.69) is 0 Å². The van der Waals surface area contributed by atoms with Crippen LogP contribution in [-0.4, -0.2) is 24.3 Å². The predicted octanol–water partition coefficient (Wildman–Crippen LogP) is 3.83. The van der Waals surface area contributed by atoms with E-state index < -0.39 is 5.97 Å². The summed E-state index contributed by atoms with van der Waals surface area (Å²) in [5, 5.41) is 0. The summed E-state index contributed by atoms with van der Waals surface area (Å²) in [6.07, 6.45) is -0.151. The molecule has 0 saturated carbocycles. The maximum Gasteiger partial charge on any atom is 0.342 e. The zero-order valence-electron chi connectivity index (χ0n) is 13.1. The van der Waals surface area contributed by atoms with Crippen molar-refractivity contribution in [3.05, 3.63) is 23.8 Å². The van der Waals surface area contributed by atoms with Gasteiger partial charge in [0.25, 0.3) is 0 Å². The van der Waals surface area contributed by atoms with Crippen LogP contribution in [0.2, 0.25) is 0 Å².